The monoisotopic (exact) mass is 374 g/mol. The number of anilines is 1. The number of hydrogen-bond acceptors (Lipinski definition) is 3. The van der Waals surface area contributed by atoms with E-state index in [9.17, 15) is 4.79 Å². The molecule has 120 valence electrons. The Kier molecular flexibility index (Phi) is 5.12. The third kappa shape index (κ3) is 4.22. The summed E-state index contributed by atoms with van der Waals surface area (Å²) < 4.78 is 1.08. The molecule has 0 bridgehead atoms. The summed E-state index contributed by atoms with van der Waals surface area (Å²) in [4.78, 5) is 20.4. The molecule has 0 saturated carbocycles. The third-order valence-electron chi connectivity index (χ3n) is 3.95. The van der Waals surface area contributed by atoms with Crippen molar-refractivity contribution < 1.29 is 4.79 Å². The van der Waals surface area contributed by atoms with Gasteiger partial charge in [0.1, 0.15) is 0 Å². The van der Waals surface area contributed by atoms with E-state index < -0.39 is 0 Å². The van der Waals surface area contributed by atoms with Gasteiger partial charge in [-0.25, -0.2) is 4.79 Å². The molecule has 3 rings (SSSR count). The van der Waals surface area contributed by atoms with Crippen molar-refractivity contribution in [2.75, 3.05) is 31.1 Å². The maximum atomic E-state index is 12.2. The number of aromatic nitrogens is 1. The van der Waals surface area contributed by atoms with E-state index in [0.717, 1.165) is 36.2 Å². The summed E-state index contributed by atoms with van der Waals surface area (Å²) in [5.74, 6) is 0. The van der Waals surface area contributed by atoms with E-state index in [0.29, 0.717) is 6.54 Å². The van der Waals surface area contributed by atoms with E-state index >= 15 is 0 Å². The van der Waals surface area contributed by atoms with Crippen LogP contribution in [0.15, 0.2) is 53.3 Å². The van der Waals surface area contributed by atoms with Gasteiger partial charge < -0.3 is 15.1 Å². The Labute approximate surface area is 144 Å². The second-order valence-electron chi connectivity index (χ2n) is 5.46. The number of pyridine rings is 1. The highest BCUT2D eigenvalue weighted by molar-refractivity contribution is 9.10. The van der Waals surface area contributed by atoms with Gasteiger partial charge in [0.2, 0.25) is 0 Å². The van der Waals surface area contributed by atoms with Crippen LogP contribution in [0.3, 0.4) is 0 Å². The molecule has 2 heterocycles. The predicted molar refractivity (Wildman–Crippen MR) is 94.4 cm³/mol. The Morgan fingerprint density at radius 1 is 1.04 bits per heavy atom. The Bertz CT molecular complexity index is 639. The minimum atomic E-state index is -0.00253. The molecule has 1 aliphatic rings. The lowest BCUT2D eigenvalue weighted by Crippen LogP contribution is -2.51. The molecule has 1 saturated heterocycles. The minimum Gasteiger partial charge on any atom is -0.368 e. The standard InChI is InChI=1S/C17H19BrN4O/c18-15-1-3-16(4-2-15)21-9-11-22(12-10-21)17(23)20-13-14-5-7-19-8-6-14/h1-8H,9-13H2,(H,20,23). The van der Waals surface area contributed by atoms with Crippen molar-refractivity contribution in [2.24, 2.45) is 0 Å². The zero-order chi connectivity index (χ0) is 16.1. The molecule has 0 unspecified atom stereocenters. The molecule has 1 fully saturated rings. The lowest BCUT2D eigenvalue weighted by Gasteiger charge is -2.36. The minimum absolute atomic E-state index is 0.00253. The molecule has 2 aromatic rings. The number of rotatable bonds is 3. The van der Waals surface area contributed by atoms with Gasteiger partial charge in [-0.3, -0.25) is 4.98 Å². The van der Waals surface area contributed by atoms with E-state index in [2.05, 4.69) is 43.3 Å². The number of halogens is 1. The van der Waals surface area contributed by atoms with E-state index in [1.807, 2.05) is 29.2 Å². The Morgan fingerprint density at radius 3 is 2.35 bits per heavy atom. The Hall–Kier alpha value is -2.08. The molecular weight excluding hydrogens is 356 g/mol. The molecule has 1 aromatic heterocycles. The lowest BCUT2D eigenvalue weighted by atomic mass is 10.2. The average Bonchev–Trinajstić information content (AvgIpc) is 2.61. The van der Waals surface area contributed by atoms with Gasteiger partial charge in [-0.1, -0.05) is 15.9 Å². The molecule has 23 heavy (non-hydrogen) atoms. The molecule has 0 aliphatic carbocycles. The molecular formula is C17H19BrN4O. The average molecular weight is 375 g/mol. The van der Waals surface area contributed by atoms with Gasteiger partial charge in [0.25, 0.3) is 0 Å². The van der Waals surface area contributed by atoms with Crippen molar-refractivity contribution in [1.82, 2.24) is 15.2 Å². The van der Waals surface area contributed by atoms with E-state index in [-0.39, 0.29) is 6.03 Å². The van der Waals surface area contributed by atoms with Crippen LogP contribution in [0.1, 0.15) is 5.56 Å². The number of piperazine rings is 1. The largest absolute Gasteiger partial charge is 0.368 e. The molecule has 0 radical (unpaired) electrons. The normalized spacial score (nSPS) is 14.7. The summed E-state index contributed by atoms with van der Waals surface area (Å²) >= 11 is 3.45. The number of hydrogen-bond donors (Lipinski definition) is 1. The first-order chi connectivity index (χ1) is 11.2. The van der Waals surface area contributed by atoms with E-state index in [1.165, 1.54) is 5.69 Å². The molecule has 1 N–H and O–H groups in total. The van der Waals surface area contributed by atoms with Gasteiger partial charge in [-0.2, -0.15) is 0 Å². The number of carbonyl (C=O) groups is 1. The van der Waals surface area contributed by atoms with Gasteiger partial charge in [0, 0.05) is 55.3 Å². The van der Waals surface area contributed by atoms with Crippen LogP contribution in [0.5, 0.6) is 0 Å². The number of nitrogens with zero attached hydrogens (tertiary/aromatic N) is 3. The fourth-order valence-electron chi connectivity index (χ4n) is 2.61. The van der Waals surface area contributed by atoms with Crippen molar-refractivity contribution >= 4 is 27.6 Å². The number of carbonyl (C=O) groups excluding carboxylic acids is 1. The SMILES string of the molecule is O=C(NCc1ccncc1)N1CCN(c2ccc(Br)cc2)CC1. The van der Waals surface area contributed by atoms with Crippen LogP contribution in [0.2, 0.25) is 0 Å². The van der Waals surface area contributed by atoms with Gasteiger partial charge in [-0.15, -0.1) is 0 Å². The van der Waals surface area contributed by atoms with Crippen LogP contribution in [0, 0.1) is 0 Å². The summed E-state index contributed by atoms with van der Waals surface area (Å²) in [6.45, 7) is 3.71. The van der Waals surface area contributed by atoms with Crippen molar-refractivity contribution in [2.45, 2.75) is 6.54 Å². The highest BCUT2D eigenvalue weighted by Crippen LogP contribution is 2.19. The maximum Gasteiger partial charge on any atom is 0.317 e. The Morgan fingerprint density at radius 2 is 1.70 bits per heavy atom. The van der Waals surface area contributed by atoms with Crippen LogP contribution in [-0.2, 0) is 6.54 Å². The second kappa shape index (κ2) is 7.46. The first-order valence-corrected chi connectivity index (χ1v) is 8.44. The summed E-state index contributed by atoms with van der Waals surface area (Å²) in [7, 11) is 0. The van der Waals surface area contributed by atoms with Crippen LogP contribution in [0.25, 0.3) is 0 Å². The molecule has 0 spiro atoms. The fraction of sp³-hybridized carbons (Fsp3) is 0.294. The lowest BCUT2D eigenvalue weighted by molar-refractivity contribution is 0.194. The first kappa shape index (κ1) is 15.8. The van der Waals surface area contributed by atoms with Gasteiger partial charge in [-0.05, 0) is 42.0 Å². The van der Waals surface area contributed by atoms with Gasteiger partial charge in [0.15, 0.2) is 0 Å². The molecule has 6 heteroatoms. The summed E-state index contributed by atoms with van der Waals surface area (Å²) in [6, 6.07) is 12.1. The zero-order valence-corrected chi connectivity index (χ0v) is 14.4. The molecule has 1 aliphatic heterocycles. The second-order valence-corrected chi connectivity index (χ2v) is 6.38. The van der Waals surface area contributed by atoms with Crippen LogP contribution in [-0.4, -0.2) is 42.1 Å². The molecule has 1 aromatic carbocycles. The number of nitrogens with one attached hydrogen (secondary N) is 1. The number of benzene rings is 1. The molecule has 0 atom stereocenters. The third-order valence-corrected chi connectivity index (χ3v) is 4.48. The topological polar surface area (TPSA) is 48.5 Å². The molecule has 2 amide bonds. The summed E-state index contributed by atoms with van der Waals surface area (Å²) in [5.41, 5.74) is 2.26. The number of urea groups is 1. The molecule has 5 nitrogen and oxygen atoms in total. The highest BCUT2D eigenvalue weighted by Gasteiger charge is 2.20. The van der Waals surface area contributed by atoms with Crippen LogP contribution >= 0.6 is 15.9 Å². The van der Waals surface area contributed by atoms with Crippen molar-refractivity contribution in [3.05, 3.63) is 58.8 Å². The first-order valence-electron chi connectivity index (χ1n) is 7.64. The Balaban J connectivity index is 1.48. The van der Waals surface area contributed by atoms with Crippen molar-refractivity contribution in [1.29, 1.82) is 0 Å². The van der Waals surface area contributed by atoms with Gasteiger partial charge in [0.05, 0.1) is 0 Å². The van der Waals surface area contributed by atoms with Crippen LogP contribution in [0.4, 0.5) is 10.5 Å². The van der Waals surface area contributed by atoms with Crippen molar-refractivity contribution in [3.63, 3.8) is 0 Å². The van der Waals surface area contributed by atoms with E-state index in [4.69, 9.17) is 0 Å². The van der Waals surface area contributed by atoms with Crippen LogP contribution < -0.4 is 10.2 Å². The maximum absolute atomic E-state index is 12.2. The highest BCUT2D eigenvalue weighted by atomic mass is 79.9. The summed E-state index contributed by atoms with van der Waals surface area (Å²) in [5, 5.41) is 2.97. The van der Waals surface area contributed by atoms with Crippen molar-refractivity contribution in [3.8, 4) is 0 Å². The number of amides is 2. The fourth-order valence-corrected chi connectivity index (χ4v) is 2.87. The quantitative estimate of drug-likeness (QED) is 0.898. The smallest absolute Gasteiger partial charge is 0.317 e. The van der Waals surface area contributed by atoms with E-state index in [1.54, 1.807) is 12.4 Å². The summed E-state index contributed by atoms with van der Waals surface area (Å²) in [6.07, 6.45) is 3.47. The predicted octanol–water partition coefficient (Wildman–Crippen LogP) is 2.88. The van der Waals surface area contributed by atoms with Gasteiger partial charge >= 0.3 is 6.03 Å². The zero-order valence-electron chi connectivity index (χ0n) is 12.8.